The molecule has 0 aliphatic heterocycles. The molecule has 0 aliphatic rings. The molecule has 1 nitrogen and oxygen atoms in total. The molecule has 0 saturated heterocycles. The predicted octanol–water partition coefficient (Wildman–Crippen LogP) is 5.22. The first kappa shape index (κ1) is 15.6. The molecule has 21 heavy (non-hydrogen) atoms. The zero-order chi connectivity index (χ0) is 15.2. The van der Waals surface area contributed by atoms with Crippen LogP contribution < -0.4 is 5.32 Å². The summed E-state index contributed by atoms with van der Waals surface area (Å²) < 4.78 is 0. The molecule has 0 aromatic heterocycles. The van der Waals surface area contributed by atoms with Crippen molar-refractivity contribution in [3.05, 3.63) is 64.2 Å². The monoisotopic (exact) mass is 281 g/mol. The van der Waals surface area contributed by atoms with Gasteiger partial charge in [0.1, 0.15) is 0 Å². The Morgan fingerprint density at radius 1 is 0.905 bits per heavy atom. The van der Waals surface area contributed by atoms with Gasteiger partial charge in [-0.3, -0.25) is 0 Å². The summed E-state index contributed by atoms with van der Waals surface area (Å²) in [4.78, 5) is 0. The van der Waals surface area contributed by atoms with Crippen molar-refractivity contribution in [1.82, 2.24) is 0 Å². The van der Waals surface area contributed by atoms with Crippen molar-refractivity contribution in [3.8, 4) is 0 Å². The summed E-state index contributed by atoms with van der Waals surface area (Å²) >= 11 is 0. The standard InChI is InChI=1S/C20H27N/c1-5-18-9-6-7-10-19(18)11-8-12-21-20-16(3)13-15(2)14-17(20)4/h6-7,9-10,13-14,21H,5,8,11-12H2,1-4H3. The lowest BCUT2D eigenvalue weighted by atomic mass is 10.0. The molecule has 2 aromatic rings. The summed E-state index contributed by atoms with van der Waals surface area (Å²) in [6.07, 6.45) is 3.45. The third-order valence-corrected chi connectivity index (χ3v) is 4.10. The van der Waals surface area contributed by atoms with E-state index in [0.717, 1.165) is 19.4 Å². The van der Waals surface area contributed by atoms with Crippen molar-refractivity contribution in [2.24, 2.45) is 0 Å². The van der Waals surface area contributed by atoms with Gasteiger partial charge in [-0.15, -0.1) is 0 Å². The average Bonchev–Trinajstić information content (AvgIpc) is 2.45. The molecule has 2 aromatic carbocycles. The maximum atomic E-state index is 3.62. The van der Waals surface area contributed by atoms with Crippen LogP contribution in [0.4, 0.5) is 5.69 Å². The zero-order valence-electron chi connectivity index (χ0n) is 13.8. The Balaban J connectivity index is 1.91. The molecular formula is C20H27N. The predicted molar refractivity (Wildman–Crippen MR) is 93.3 cm³/mol. The van der Waals surface area contributed by atoms with Crippen LogP contribution in [0.1, 0.15) is 41.2 Å². The summed E-state index contributed by atoms with van der Waals surface area (Å²) in [6, 6.07) is 13.3. The number of hydrogen-bond donors (Lipinski definition) is 1. The molecular weight excluding hydrogens is 254 g/mol. The van der Waals surface area contributed by atoms with E-state index in [1.54, 1.807) is 0 Å². The average molecular weight is 281 g/mol. The van der Waals surface area contributed by atoms with E-state index in [1.807, 2.05) is 0 Å². The van der Waals surface area contributed by atoms with E-state index >= 15 is 0 Å². The van der Waals surface area contributed by atoms with Crippen LogP contribution in [-0.4, -0.2) is 6.54 Å². The highest BCUT2D eigenvalue weighted by molar-refractivity contribution is 5.58. The lowest BCUT2D eigenvalue weighted by Gasteiger charge is -2.14. The van der Waals surface area contributed by atoms with Crippen LogP contribution in [0.15, 0.2) is 36.4 Å². The van der Waals surface area contributed by atoms with Crippen molar-refractivity contribution < 1.29 is 0 Å². The molecule has 0 fully saturated rings. The van der Waals surface area contributed by atoms with E-state index in [9.17, 15) is 0 Å². The van der Waals surface area contributed by atoms with Gasteiger partial charge < -0.3 is 5.32 Å². The zero-order valence-corrected chi connectivity index (χ0v) is 13.8. The maximum absolute atomic E-state index is 3.62. The van der Waals surface area contributed by atoms with Crippen LogP contribution in [0.2, 0.25) is 0 Å². The Hall–Kier alpha value is -1.76. The van der Waals surface area contributed by atoms with Crippen LogP contribution in [0, 0.1) is 20.8 Å². The third-order valence-electron chi connectivity index (χ3n) is 4.10. The van der Waals surface area contributed by atoms with Crippen molar-refractivity contribution in [2.75, 3.05) is 11.9 Å². The minimum Gasteiger partial charge on any atom is -0.385 e. The topological polar surface area (TPSA) is 12.0 Å². The molecule has 0 bridgehead atoms. The van der Waals surface area contributed by atoms with E-state index in [2.05, 4.69) is 69.4 Å². The molecule has 0 aliphatic carbocycles. The first-order valence-corrected chi connectivity index (χ1v) is 8.00. The van der Waals surface area contributed by atoms with E-state index in [0.29, 0.717) is 0 Å². The Bertz CT molecular complexity index is 576. The van der Waals surface area contributed by atoms with Gasteiger partial charge in [-0.1, -0.05) is 48.9 Å². The number of nitrogens with one attached hydrogen (secondary N) is 1. The second kappa shape index (κ2) is 7.31. The minimum absolute atomic E-state index is 1.03. The molecule has 0 unspecified atom stereocenters. The molecule has 0 heterocycles. The van der Waals surface area contributed by atoms with Gasteiger partial charge in [0.25, 0.3) is 0 Å². The highest BCUT2D eigenvalue weighted by atomic mass is 14.9. The van der Waals surface area contributed by atoms with Crippen molar-refractivity contribution in [1.29, 1.82) is 0 Å². The third kappa shape index (κ3) is 4.10. The molecule has 0 spiro atoms. The Labute approximate surface area is 129 Å². The van der Waals surface area contributed by atoms with Crippen molar-refractivity contribution in [3.63, 3.8) is 0 Å². The van der Waals surface area contributed by atoms with E-state index in [1.165, 1.54) is 39.9 Å². The quantitative estimate of drug-likeness (QED) is 0.716. The van der Waals surface area contributed by atoms with E-state index < -0.39 is 0 Å². The fourth-order valence-corrected chi connectivity index (χ4v) is 3.10. The summed E-state index contributed by atoms with van der Waals surface area (Å²) in [6.45, 7) is 9.80. The molecule has 112 valence electrons. The van der Waals surface area contributed by atoms with Crippen molar-refractivity contribution >= 4 is 5.69 Å². The number of benzene rings is 2. The smallest absolute Gasteiger partial charge is 0.0399 e. The van der Waals surface area contributed by atoms with Crippen LogP contribution >= 0.6 is 0 Å². The van der Waals surface area contributed by atoms with Gasteiger partial charge in [0, 0.05) is 12.2 Å². The fourth-order valence-electron chi connectivity index (χ4n) is 3.10. The van der Waals surface area contributed by atoms with E-state index in [4.69, 9.17) is 0 Å². The molecule has 0 amide bonds. The Kier molecular flexibility index (Phi) is 5.44. The molecule has 1 N–H and O–H groups in total. The SMILES string of the molecule is CCc1ccccc1CCCNc1c(C)cc(C)cc1C. The minimum atomic E-state index is 1.03. The molecule has 0 saturated carbocycles. The number of anilines is 1. The fraction of sp³-hybridized carbons (Fsp3) is 0.400. The molecule has 0 atom stereocenters. The summed E-state index contributed by atoms with van der Waals surface area (Å²) in [5.74, 6) is 0. The number of rotatable bonds is 6. The maximum Gasteiger partial charge on any atom is 0.0399 e. The van der Waals surface area contributed by atoms with Gasteiger partial charge in [0.15, 0.2) is 0 Å². The summed E-state index contributed by atoms with van der Waals surface area (Å²) in [5.41, 5.74) is 8.33. The van der Waals surface area contributed by atoms with Crippen LogP contribution in [0.3, 0.4) is 0 Å². The van der Waals surface area contributed by atoms with Gasteiger partial charge >= 0.3 is 0 Å². The molecule has 2 rings (SSSR count). The highest BCUT2D eigenvalue weighted by Crippen LogP contribution is 2.22. The lowest BCUT2D eigenvalue weighted by Crippen LogP contribution is -2.07. The Morgan fingerprint density at radius 3 is 2.14 bits per heavy atom. The van der Waals surface area contributed by atoms with Gasteiger partial charge in [-0.2, -0.15) is 0 Å². The van der Waals surface area contributed by atoms with Gasteiger partial charge in [0.05, 0.1) is 0 Å². The first-order chi connectivity index (χ1) is 10.1. The number of aryl methyl sites for hydroxylation is 5. The largest absolute Gasteiger partial charge is 0.385 e. The van der Waals surface area contributed by atoms with Gasteiger partial charge in [-0.25, -0.2) is 0 Å². The Morgan fingerprint density at radius 2 is 1.52 bits per heavy atom. The molecule has 1 heteroatoms. The second-order valence-corrected chi connectivity index (χ2v) is 5.93. The summed E-state index contributed by atoms with van der Waals surface area (Å²) in [5, 5.41) is 3.62. The second-order valence-electron chi connectivity index (χ2n) is 5.93. The van der Waals surface area contributed by atoms with Crippen molar-refractivity contribution in [2.45, 2.75) is 47.0 Å². The van der Waals surface area contributed by atoms with Crippen LogP contribution in [-0.2, 0) is 12.8 Å². The van der Waals surface area contributed by atoms with Gasteiger partial charge in [0.2, 0.25) is 0 Å². The molecule has 0 radical (unpaired) electrons. The first-order valence-electron chi connectivity index (χ1n) is 8.00. The number of hydrogen-bond acceptors (Lipinski definition) is 1. The van der Waals surface area contributed by atoms with E-state index in [-0.39, 0.29) is 0 Å². The lowest BCUT2D eigenvalue weighted by molar-refractivity contribution is 0.848. The van der Waals surface area contributed by atoms with Crippen LogP contribution in [0.25, 0.3) is 0 Å². The van der Waals surface area contributed by atoms with Crippen LogP contribution in [0.5, 0.6) is 0 Å². The highest BCUT2D eigenvalue weighted by Gasteiger charge is 2.04. The normalized spacial score (nSPS) is 10.7. The van der Waals surface area contributed by atoms with Gasteiger partial charge in [-0.05, 0) is 62.3 Å². The summed E-state index contributed by atoms with van der Waals surface area (Å²) in [7, 11) is 0.